The number of nitro groups is 1. The Morgan fingerprint density at radius 2 is 1.97 bits per heavy atom. The standard InChI is InChI=1S/C24H22N4O5S/c1-3-33-23(30)18-14(2)25-21-20(19(18)16-10-7-11-17(12-16)28(31)32)22(29)27-24(26-21)34-13-15-8-5-4-6-9-15/h4-12,19H,3,13H2,1-2H3,(H2,25,26,27,29). The maximum absolute atomic E-state index is 13.3. The maximum atomic E-state index is 13.3. The smallest absolute Gasteiger partial charge is 0.336 e. The third-order valence-corrected chi connectivity index (χ3v) is 6.29. The molecule has 0 saturated carbocycles. The molecular formula is C24H22N4O5S. The molecule has 0 spiro atoms. The van der Waals surface area contributed by atoms with Crippen molar-refractivity contribution in [1.82, 2.24) is 9.97 Å². The summed E-state index contributed by atoms with van der Waals surface area (Å²) >= 11 is 1.38. The summed E-state index contributed by atoms with van der Waals surface area (Å²) < 4.78 is 5.24. The van der Waals surface area contributed by atoms with Gasteiger partial charge in [0.15, 0.2) is 5.16 Å². The van der Waals surface area contributed by atoms with E-state index in [2.05, 4.69) is 15.3 Å². The van der Waals surface area contributed by atoms with E-state index in [4.69, 9.17) is 4.74 Å². The molecule has 1 atom stereocenters. The molecule has 1 aliphatic heterocycles. The van der Waals surface area contributed by atoms with E-state index in [-0.39, 0.29) is 23.4 Å². The van der Waals surface area contributed by atoms with Crippen LogP contribution in [0.15, 0.2) is 75.8 Å². The summed E-state index contributed by atoms with van der Waals surface area (Å²) in [6.07, 6.45) is 0. The Hall–Kier alpha value is -3.92. The van der Waals surface area contributed by atoms with Crippen molar-refractivity contribution in [3.8, 4) is 0 Å². The van der Waals surface area contributed by atoms with Gasteiger partial charge in [0.2, 0.25) is 0 Å². The second kappa shape index (κ2) is 9.92. The van der Waals surface area contributed by atoms with E-state index in [0.29, 0.717) is 28.0 Å². The number of allylic oxidation sites excluding steroid dienone is 1. The van der Waals surface area contributed by atoms with Gasteiger partial charge in [0.05, 0.1) is 28.6 Å². The number of carbonyl (C=O) groups excluding carboxylic acids is 1. The summed E-state index contributed by atoms with van der Waals surface area (Å²) in [6, 6.07) is 15.7. The number of hydrogen-bond donors (Lipinski definition) is 2. The van der Waals surface area contributed by atoms with Gasteiger partial charge in [0, 0.05) is 23.6 Å². The molecule has 10 heteroatoms. The minimum atomic E-state index is -0.875. The van der Waals surface area contributed by atoms with Crippen LogP contribution >= 0.6 is 11.8 Å². The minimum Gasteiger partial charge on any atom is -0.463 e. The SMILES string of the molecule is CCOC(=O)C1=C(C)Nc2nc(SCc3ccccc3)[nH]c(=O)c2C1c1cccc([N+](=O)[O-])c1. The maximum Gasteiger partial charge on any atom is 0.336 e. The average Bonchev–Trinajstić information content (AvgIpc) is 2.82. The van der Waals surface area contributed by atoms with E-state index in [1.165, 1.54) is 30.0 Å². The van der Waals surface area contributed by atoms with Gasteiger partial charge in [-0.25, -0.2) is 9.78 Å². The second-order valence-electron chi connectivity index (χ2n) is 7.58. The van der Waals surface area contributed by atoms with E-state index < -0.39 is 22.4 Å². The molecule has 1 unspecified atom stereocenters. The lowest BCUT2D eigenvalue weighted by Gasteiger charge is -2.28. The van der Waals surface area contributed by atoms with Crippen LogP contribution in [0.4, 0.5) is 11.5 Å². The van der Waals surface area contributed by atoms with Gasteiger partial charge >= 0.3 is 5.97 Å². The summed E-state index contributed by atoms with van der Waals surface area (Å²) in [5.74, 6) is -0.558. The van der Waals surface area contributed by atoms with E-state index in [0.717, 1.165) is 5.56 Å². The molecule has 34 heavy (non-hydrogen) atoms. The Morgan fingerprint density at radius 3 is 2.68 bits per heavy atom. The zero-order valence-electron chi connectivity index (χ0n) is 18.5. The summed E-state index contributed by atoms with van der Waals surface area (Å²) in [7, 11) is 0. The quantitative estimate of drug-likeness (QED) is 0.169. The molecule has 0 radical (unpaired) electrons. The number of aromatic amines is 1. The average molecular weight is 479 g/mol. The van der Waals surface area contributed by atoms with Crippen LogP contribution in [0.2, 0.25) is 0 Å². The number of nitrogens with one attached hydrogen (secondary N) is 2. The first kappa shape index (κ1) is 23.2. The number of rotatable bonds is 7. The molecular weight excluding hydrogens is 456 g/mol. The molecule has 0 bridgehead atoms. The topological polar surface area (TPSA) is 127 Å². The fourth-order valence-corrected chi connectivity index (χ4v) is 4.67. The van der Waals surface area contributed by atoms with Crippen molar-refractivity contribution < 1.29 is 14.5 Å². The van der Waals surface area contributed by atoms with Crippen LogP contribution in [0.25, 0.3) is 0 Å². The number of fused-ring (bicyclic) bond motifs is 1. The number of thioether (sulfide) groups is 1. The number of aromatic nitrogens is 2. The molecule has 0 aliphatic carbocycles. The lowest BCUT2D eigenvalue weighted by Crippen LogP contribution is -2.31. The van der Waals surface area contributed by atoms with Crippen molar-refractivity contribution in [2.24, 2.45) is 0 Å². The van der Waals surface area contributed by atoms with Crippen molar-refractivity contribution in [2.75, 3.05) is 11.9 Å². The van der Waals surface area contributed by atoms with Crippen LogP contribution in [0.1, 0.15) is 36.5 Å². The molecule has 0 saturated heterocycles. The monoisotopic (exact) mass is 478 g/mol. The first-order valence-corrected chi connectivity index (χ1v) is 11.6. The van der Waals surface area contributed by atoms with Crippen molar-refractivity contribution in [3.63, 3.8) is 0 Å². The Balaban J connectivity index is 1.80. The van der Waals surface area contributed by atoms with Crippen LogP contribution in [-0.2, 0) is 15.3 Å². The van der Waals surface area contributed by atoms with Gasteiger partial charge in [0.25, 0.3) is 11.2 Å². The van der Waals surface area contributed by atoms with Crippen molar-refractivity contribution >= 4 is 29.2 Å². The van der Waals surface area contributed by atoms with Crippen LogP contribution in [-0.4, -0.2) is 27.5 Å². The zero-order valence-corrected chi connectivity index (χ0v) is 19.3. The number of hydrogen-bond acceptors (Lipinski definition) is 8. The number of non-ortho nitro benzene ring substituents is 1. The molecule has 1 aromatic heterocycles. The molecule has 1 aliphatic rings. The Morgan fingerprint density at radius 1 is 1.21 bits per heavy atom. The highest BCUT2D eigenvalue weighted by atomic mass is 32.2. The predicted molar refractivity (Wildman–Crippen MR) is 129 cm³/mol. The largest absolute Gasteiger partial charge is 0.463 e. The fourth-order valence-electron chi connectivity index (χ4n) is 3.86. The second-order valence-corrected chi connectivity index (χ2v) is 8.54. The van der Waals surface area contributed by atoms with E-state index in [1.54, 1.807) is 19.9 Å². The van der Waals surface area contributed by atoms with Gasteiger partial charge in [0.1, 0.15) is 5.82 Å². The van der Waals surface area contributed by atoms with Gasteiger partial charge in [-0.3, -0.25) is 14.9 Å². The van der Waals surface area contributed by atoms with Crippen LogP contribution < -0.4 is 10.9 Å². The van der Waals surface area contributed by atoms with Crippen molar-refractivity contribution in [2.45, 2.75) is 30.7 Å². The van der Waals surface area contributed by atoms with Gasteiger partial charge in [-0.1, -0.05) is 54.2 Å². The highest BCUT2D eigenvalue weighted by Crippen LogP contribution is 2.41. The van der Waals surface area contributed by atoms with E-state index in [9.17, 15) is 19.7 Å². The molecule has 3 aromatic rings. The molecule has 174 valence electrons. The van der Waals surface area contributed by atoms with Crippen LogP contribution in [0.5, 0.6) is 0 Å². The molecule has 0 amide bonds. The first-order chi connectivity index (χ1) is 16.4. The number of esters is 1. The molecule has 9 nitrogen and oxygen atoms in total. The Labute approximate surface area is 199 Å². The highest BCUT2D eigenvalue weighted by molar-refractivity contribution is 7.98. The molecule has 4 rings (SSSR count). The number of anilines is 1. The predicted octanol–water partition coefficient (Wildman–Crippen LogP) is 4.36. The summed E-state index contributed by atoms with van der Waals surface area (Å²) in [5.41, 5.74) is 1.83. The zero-order chi connectivity index (χ0) is 24.2. The first-order valence-electron chi connectivity index (χ1n) is 10.6. The molecule has 2 N–H and O–H groups in total. The van der Waals surface area contributed by atoms with Crippen molar-refractivity contribution in [1.29, 1.82) is 0 Å². The van der Waals surface area contributed by atoms with Gasteiger partial charge in [-0.05, 0) is 25.0 Å². The Kier molecular flexibility index (Phi) is 6.78. The van der Waals surface area contributed by atoms with Crippen LogP contribution in [0, 0.1) is 10.1 Å². The number of nitro benzene ring substituents is 1. The van der Waals surface area contributed by atoms with Gasteiger partial charge < -0.3 is 15.0 Å². The summed E-state index contributed by atoms with van der Waals surface area (Å²) in [4.78, 5) is 44.4. The van der Waals surface area contributed by atoms with E-state index >= 15 is 0 Å². The number of carbonyl (C=O) groups is 1. The van der Waals surface area contributed by atoms with Gasteiger partial charge in [-0.2, -0.15) is 0 Å². The Bertz CT molecular complexity index is 1340. The summed E-state index contributed by atoms with van der Waals surface area (Å²) in [6.45, 7) is 3.53. The fraction of sp³-hybridized carbons (Fsp3) is 0.208. The normalized spacial score (nSPS) is 14.8. The number of nitrogens with zero attached hydrogens (tertiary/aromatic N) is 2. The summed E-state index contributed by atoms with van der Waals surface area (Å²) in [5, 5.41) is 14.9. The van der Waals surface area contributed by atoms with Crippen molar-refractivity contribution in [3.05, 3.63) is 103 Å². The van der Waals surface area contributed by atoms with Gasteiger partial charge in [-0.15, -0.1) is 0 Å². The number of H-pyrrole nitrogens is 1. The molecule has 2 aromatic carbocycles. The number of benzene rings is 2. The highest BCUT2D eigenvalue weighted by Gasteiger charge is 2.37. The van der Waals surface area contributed by atoms with E-state index in [1.807, 2.05) is 30.3 Å². The van der Waals surface area contributed by atoms with Crippen LogP contribution in [0.3, 0.4) is 0 Å². The molecule has 0 fully saturated rings. The molecule has 2 heterocycles. The third kappa shape index (κ3) is 4.72. The number of ether oxygens (including phenoxy) is 1. The minimum absolute atomic E-state index is 0.141. The third-order valence-electron chi connectivity index (χ3n) is 5.35. The lowest BCUT2D eigenvalue weighted by molar-refractivity contribution is -0.384. The lowest BCUT2D eigenvalue weighted by atomic mass is 9.82.